The van der Waals surface area contributed by atoms with Crippen LogP contribution >= 0.6 is 0 Å². The minimum absolute atomic E-state index is 0.559. The molecule has 318 valence electrons. The van der Waals surface area contributed by atoms with Crippen LogP contribution in [0, 0.1) is 0 Å². The van der Waals surface area contributed by atoms with Gasteiger partial charge in [0.05, 0.1) is 22.1 Å². The number of nitrogens with zero attached hydrogens (tertiary/aromatic N) is 8. The molecule has 0 N–H and O–H groups in total. The fraction of sp³-hybridized carbons (Fsp3) is 0. The molecule has 13 rings (SSSR count). The van der Waals surface area contributed by atoms with Crippen molar-refractivity contribution in [2.45, 2.75) is 0 Å². The van der Waals surface area contributed by atoms with Crippen LogP contribution in [0.1, 0.15) is 0 Å². The average molecular weight is 871 g/mol. The highest BCUT2D eigenvalue weighted by molar-refractivity contribution is 6.19. The Balaban J connectivity index is 0.964. The summed E-state index contributed by atoms with van der Waals surface area (Å²) >= 11 is 0. The summed E-state index contributed by atoms with van der Waals surface area (Å²) in [6.07, 6.45) is 0. The Morgan fingerprint density at radius 3 is 1.10 bits per heavy atom. The zero-order valence-electron chi connectivity index (χ0n) is 36.5. The summed E-state index contributed by atoms with van der Waals surface area (Å²) in [5, 5.41) is 4.46. The number of rotatable bonds is 8. The Kier molecular flexibility index (Phi) is 9.31. The topological polar surface area (TPSA) is 87.2 Å². The molecule has 0 spiro atoms. The molecule has 0 radical (unpaired) electrons. The van der Waals surface area contributed by atoms with Crippen molar-refractivity contribution in [3.05, 3.63) is 231 Å². The van der Waals surface area contributed by atoms with E-state index >= 15 is 0 Å². The highest BCUT2D eigenvalue weighted by Gasteiger charge is 2.22. The van der Waals surface area contributed by atoms with Crippen molar-refractivity contribution < 1.29 is 0 Å². The number of fused-ring (bicyclic) bond motifs is 6. The molecule has 0 saturated carbocycles. The standard InChI is InChI=1S/C60H38N8/c1-5-18-39(19-6-1)44-26-17-27-45(36-44)59-62-55(40-20-7-2-8-21-40)61-56(63-59)43-32-34-46(35-33-43)67-51-30-15-13-28-47(51)49-38-54-50(37-53(49)67)48-29-14-16-31-52(48)68(54)60-65-57(41-22-9-3-10-23-41)64-58(66-60)42-24-11-4-12-25-42/h1-38H. The average Bonchev–Trinajstić information content (AvgIpc) is 3.93. The molecule has 68 heavy (non-hydrogen) atoms. The highest BCUT2D eigenvalue weighted by atomic mass is 15.2. The maximum atomic E-state index is 5.18. The fourth-order valence-electron chi connectivity index (χ4n) is 9.40. The van der Waals surface area contributed by atoms with E-state index < -0.39 is 0 Å². The van der Waals surface area contributed by atoms with E-state index in [4.69, 9.17) is 29.9 Å². The van der Waals surface area contributed by atoms with E-state index in [-0.39, 0.29) is 0 Å². The van der Waals surface area contributed by atoms with E-state index in [1.165, 1.54) is 0 Å². The van der Waals surface area contributed by atoms with Crippen LogP contribution in [0.3, 0.4) is 0 Å². The molecule has 4 aromatic heterocycles. The van der Waals surface area contributed by atoms with E-state index in [1.807, 2.05) is 97.1 Å². The fourth-order valence-corrected chi connectivity index (χ4v) is 9.40. The first-order chi connectivity index (χ1) is 33.7. The van der Waals surface area contributed by atoms with E-state index in [0.29, 0.717) is 35.1 Å². The third-order valence-corrected chi connectivity index (χ3v) is 12.6. The van der Waals surface area contributed by atoms with Crippen LogP contribution < -0.4 is 0 Å². The van der Waals surface area contributed by atoms with Crippen molar-refractivity contribution >= 4 is 43.6 Å². The van der Waals surface area contributed by atoms with Gasteiger partial charge in [0, 0.05) is 55.0 Å². The van der Waals surface area contributed by atoms with Crippen molar-refractivity contribution in [2.75, 3.05) is 0 Å². The highest BCUT2D eigenvalue weighted by Crippen LogP contribution is 2.40. The molecule has 9 aromatic carbocycles. The molecule has 0 amide bonds. The van der Waals surface area contributed by atoms with Gasteiger partial charge in [-0.15, -0.1) is 0 Å². The van der Waals surface area contributed by atoms with Gasteiger partial charge < -0.3 is 4.57 Å². The molecular formula is C60H38N8. The Hall–Kier alpha value is -9.40. The molecule has 0 bridgehead atoms. The second-order valence-corrected chi connectivity index (χ2v) is 16.8. The normalized spacial score (nSPS) is 11.5. The lowest BCUT2D eigenvalue weighted by Gasteiger charge is -2.12. The largest absolute Gasteiger partial charge is 0.309 e. The van der Waals surface area contributed by atoms with E-state index in [2.05, 4.69) is 143 Å². The van der Waals surface area contributed by atoms with Gasteiger partial charge >= 0.3 is 0 Å². The predicted molar refractivity (Wildman–Crippen MR) is 275 cm³/mol. The summed E-state index contributed by atoms with van der Waals surface area (Å²) < 4.78 is 4.55. The van der Waals surface area contributed by atoms with Crippen molar-refractivity contribution in [2.24, 2.45) is 0 Å². The molecule has 0 atom stereocenters. The first-order valence-electron chi connectivity index (χ1n) is 22.6. The minimum Gasteiger partial charge on any atom is -0.309 e. The van der Waals surface area contributed by atoms with Gasteiger partial charge in [0.25, 0.3) is 0 Å². The lowest BCUT2D eigenvalue weighted by atomic mass is 10.0. The number of aromatic nitrogens is 8. The third-order valence-electron chi connectivity index (χ3n) is 12.6. The quantitative estimate of drug-likeness (QED) is 0.151. The molecular weight excluding hydrogens is 833 g/mol. The van der Waals surface area contributed by atoms with Crippen LogP contribution in [0.25, 0.3) is 123 Å². The van der Waals surface area contributed by atoms with Gasteiger partial charge in [-0.25, -0.2) is 19.9 Å². The summed E-state index contributed by atoms with van der Waals surface area (Å²) in [5.41, 5.74) is 12.1. The molecule has 13 aromatic rings. The number of hydrogen-bond acceptors (Lipinski definition) is 6. The lowest BCUT2D eigenvalue weighted by molar-refractivity contribution is 0.954. The maximum Gasteiger partial charge on any atom is 0.238 e. The molecule has 4 heterocycles. The third kappa shape index (κ3) is 6.78. The predicted octanol–water partition coefficient (Wildman–Crippen LogP) is 14.3. The van der Waals surface area contributed by atoms with Gasteiger partial charge in [-0.05, 0) is 65.7 Å². The molecule has 0 aliphatic rings. The molecule has 0 unspecified atom stereocenters. The van der Waals surface area contributed by atoms with Crippen LogP contribution in [0.4, 0.5) is 0 Å². The van der Waals surface area contributed by atoms with Crippen molar-refractivity contribution in [1.82, 2.24) is 39.0 Å². The van der Waals surface area contributed by atoms with Crippen LogP contribution in [0.2, 0.25) is 0 Å². The Bertz CT molecular complexity index is 3940. The second kappa shape index (κ2) is 16.2. The summed E-state index contributed by atoms with van der Waals surface area (Å²) in [6, 6.07) is 79.4. The Morgan fingerprint density at radius 2 is 0.588 bits per heavy atom. The van der Waals surface area contributed by atoms with Gasteiger partial charge in [-0.1, -0.05) is 176 Å². The first-order valence-corrected chi connectivity index (χ1v) is 22.6. The van der Waals surface area contributed by atoms with Crippen LogP contribution in [-0.2, 0) is 0 Å². The van der Waals surface area contributed by atoms with Gasteiger partial charge in [-0.3, -0.25) is 4.57 Å². The molecule has 0 saturated heterocycles. The zero-order chi connectivity index (χ0) is 45.0. The molecule has 8 heteroatoms. The zero-order valence-corrected chi connectivity index (χ0v) is 36.5. The van der Waals surface area contributed by atoms with Crippen LogP contribution in [0.15, 0.2) is 231 Å². The van der Waals surface area contributed by atoms with Crippen LogP contribution in [0.5, 0.6) is 0 Å². The molecule has 0 fully saturated rings. The summed E-state index contributed by atoms with van der Waals surface area (Å²) in [7, 11) is 0. The second-order valence-electron chi connectivity index (χ2n) is 16.8. The maximum absolute atomic E-state index is 5.18. The van der Waals surface area contributed by atoms with E-state index in [0.717, 1.165) is 88.2 Å². The summed E-state index contributed by atoms with van der Waals surface area (Å²) in [6.45, 7) is 0. The van der Waals surface area contributed by atoms with E-state index in [1.54, 1.807) is 0 Å². The Morgan fingerprint density at radius 1 is 0.221 bits per heavy atom. The minimum atomic E-state index is 0.559. The molecule has 0 aliphatic carbocycles. The van der Waals surface area contributed by atoms with Gasteiger partial charge in [0.2, 0.25) is 5.95 Å². The molecule has 8 nitrogen and oxygen atoms in total. The van der Waals surface area contributed by atoms with Crippen molar-refractivity contribution in [1.29, 1.82) is 0 Å². The van der Waals surface area contributed by atoms with Crippen molar-refractivity contribution in [3.63, 3.8) is 0 Å². The smallest absolute Gasteiger partial charge is 0.238 e. The number of para-hydroxylation sites is 2. The molecule has 0 aliphatic heterocycles. The summed E-state index contributed by atoms with van der Waals surface area (Å²) in [4.78, 5) is 30.6. The van der Waals surface area contributed by atoms with E-state index in [9.17, 15) is 0 Å². The van der Waals surface area contributed by atoms with Crippen molar-refractivity contribution in [3.8, 4) is 79.7 Å². The Labute approximate surface area is 391 Å². The number of hydrogen-bond donors (Lipinski definition) is 0. The van der Waals surface area contributed by atoms with Gasteiger partial charge in [0.15, 0.2) is 29.1 Å². The summed E-state index contributed by atoms with van der Waals surface area (Å²) in [5.74, 6) is 3.63. The van der Waals surface area contributed by atoms with Gasteiger partial charge in [-0.2, -0.15) is 9.97 Å². The van der Waals surface area contributed by atoms with Gasteiger partial charge in [0.1, 0.15) is 0 Å². The monoisotopic (exact) mass is 870 g/mol. The van der Waals surface area contributed by atoms with Crippen LogP contribution in [-0.4, -0.2) is 39.0 Å². The first kappa shape index (κ1) is 39.0. The SMILES string of the molecule is c1ccc(-c2cccc(-c3nc(-c4ccccc4)nc(-c4ccc(-n5c6ccccc6c6cc7c(cc65)c5ccccc5n7-c5nc(-c6ccccc6)nc(-c6ccccc6)n5)cc4)n3)c2)cc1. The lowest BCUT2D eigenvalue weighted by Crippen LogP contribution is -2.06. The number of benzene rings is 9.